The Morgan fingerprint density at radius 3 is 2.61 bits per heavy atom. The third-order valence-corrected chi connectivity index (χ3v) is 5.39. The van der Waals surface area contributed by atoms with E-state index in [4.69, 9.17) is 23.2 Å². The van der Waals surface area contributed by atoms with E-state index in [2.05, 4.69) is 10.00 Å². The van der Waals surface area contributed by atoms with Crippen molar-refractivity contribution >= 4 is 34.8 Å². The molecule has 1 fully saturated rings. The predicted octanol–water partition coefficient (Wildman–Crippen LogP) is 3.08. The maximum absolute atomic E-state index is 12.7. The second-order valence-corrected chi connectivity index (χ2v) is 7.76. The molecule has 3 rings (SSSR count). The van der Waals surface area contributed by atoms with Crippen LogP contribution in [0.3, 0.4) is 0 Å². The number of carbonyl (C=O) groups excluding carboxylic acids is 1. The SMILES string of the molecule is CC(Cn1cc([N+](=O)[O-])cn1)C(=O)N1CCN(Cc2ccc(Cl)cc2Cl)CC1. The summed E-state index contributed by atoms with van der Waals surface area (Å²) in [6, 6.07) is 5.48. The van der Waals surface area contributed by atoms with Crippen LogP contribution in [0.5, 0.6) is 0 Å². The van der Waals surface area contributed by atoms with Crippen LogP contribution in [0.4, 0.5) is 5.69 Å². The smallest absolute Gasteiger partial charge is 0.306 e. The standard InChI is InChI=1S/C18H21Cl2N5O3/c1-13(10-24-12-16(9-21-24)25(27)28)18(26)23-6-4-22(5-7-23)11-14-2-3-15(19)8-17(14)20/h2-3,8-9,12-13H,4-7,10-11H2,1H3. The molecule has 0 aliphatic carbocycles. The number of hydrogen-bond acceptors (Lipinski definition) is 5. The number of nitrogens with zero attached hydrogens (tertiary/aromatic N) is 5. The molecule has 1 aromatic heterocycles. The Morgan fingerprint density at radius 2 is 2.00 bits per heavy atom. The number of benzene rings is 1. The summed E-state index contributed by atoms with van der Waals surface area (Å²) in [5, 5.41) is 15.9. The molecular weight excluding hydrogens is 405 g/mol. The van der Waals surface area contributed by atoms with Crippen molar-refractivity contribution < 1.29 is 9.72 Å². The average molecular weight is 426 g/mol. The van der Waals surface area contributed by atoms with E-state index < -0.39 is 4.92 Å². The number of hydrogen-bond donors (Lipinski definition) is 0. The lowest BCUT2D eigenvalue weighted by atomic mass is 10.1. The first-order valence-electron chi connectivity index (χ1n) is 8.95. The minimum atomic E-state index is -0.498. The van der Waals surface area contributed by atoms with E-state index in [9.17, 15) is 14.9 Å². The number of piperazine rings is 1. The number of nitro groups is 1. The van der Waals surface area contributed by atoms with Gasteiger partial charge in [-0.3, -0.25) is 24.5 Å². The van der Waals surface area contributed by atoms with Gasteiger partial charge < -0.3 is 4.90 Å². The second kappa shape index (κ2) is 8.89. The van der Waals surface area contributed by atoms with Gasteiger partial charge in [-0.2, -0.15) is 5.10 Å². The van der Waals surface area contributed by atoms with E-state index in [1.807, 2.05) is 24.0 Å². The van der Waals surface area contributed by atoms with Crippen LogP contribution in [0, 0.1) is 16.0 Å². The quantitative estimate of drug-likeness (QED) is 0.524. The molecule has 1 atom stereocenters. The Balaban J connectivity index is 1.50. The van der Waals surface area contributed by atoms with Gasteiger partial charge in [0.2, 0.25) is 5.91 Å². The Hall–Kier alpha value is -2.16. The van der Waals surface area contributed by atoms with Gasteiger partial charge in [-0.1, -0.05) is 36.2 Å². The van der Waals surface area contributed by atoms with E-state index >= 15 is 0 Å². The van der Waals surface area contributed by atoms with Crippen LogP contribution < -0.4 is 0 Å². The van der Waals surface area contributed by atoms with Gasteiger partial charge in [0.1, 0.15) is 12.4 Å². The van der Waals surface area contributed by atoms with Crippen molar-refractivity contribution in [2.45, 2.75) is 20.0 Å². The summed E-state index contributed by atoms with van der Waals surface area (Å²) in [5.74, 6) is -0.279. The molecule has 0 N–H and O–H groups in total. The highest BCUT2D eigenvalue weighted by Crippen LogP contribution is 2.23. The molecule has 28 heavy (non-hydrogen) atoms. The van der Waals surface area contributed by atoms with Gasteiger partial charge in [0.25, 0.3) is 0 Å². The summed E-state index contributed by atoms with van der Waals surface area (Å²) in [5.41, 5.74) is 0.939. The van der Waals surface area contributed by atoms with E-state index in [0.717, 1.165) is 18.7 Å². The molecule has 2 heterocycles. The Bertz CT molecular complexity index is 865. The van der Waals surface area contributed by atoms with Gasteiger partial charge >= 0.3 is 5.69 Å². The Labute approximate surface area is 172 Å². The highest BCUT2D eigenvalue weighted by molar-refractivity contribution is 6.35. The van der Waals surface area contributed by atoms with Gasteiger partial charge in [-0.25, -0.2) is 0 Å². The average Bonchev–Trinajstić information content (AvgIpc) is 3.13. The summed E-state index contributed by atoms with van der Waals surface area (Å²) in [6.07, 6.45) is 2.54. The zero-order valence-corrected chi connectivity index (χ0v) is 16.9. The molecule has 8 nitrogen and oxygen atoms in total. The Kier molecular flexibility index (Phi) is 6.53. The van der Waals surface area contributed by atoms with Crippen LogP contribution in [-0.4, -0.2) is 56.6 Å². The Morgan fingerprint density at radius 1 is 1.29 bits per heavy atom. The first-order chi connectivity index (χ1) is 13.3. The molecule has 150 valence electrons. The second-order valence-electron chi connectivity index (χ2n) is 6.92. The van der Waals surface area contributed by atoms with Crippen LogP contribution >= 0.6 is 23.2 Å². The fourth-order valence-corrected chi connectivity index (χ4v) is 3.70. The number of rotatable bonds is 6. The predicted molar refractivity (Wildman–Crippen MR) is 106 cm³/mol. The van der Waals surface area contributed by atoms with Crippen LogP contribution in [-0.2, 0) is 17.9 Å². The molecule has 2 aromatic rings. The van der Waals surface area contributed by atoms with Gasteiger partial charge in [-0.15, -0.1) is 0 Å². The summed E-state index contributed by atoms with van der Waals surface area (Å²) in [4.78, 5) is 27.0. The number of amides is 1. The first-order valence-corrected chi connectivity index (χ1v) is 9.71. The largest absolute Gasteiger partial charge is 0.340 e. The van der Waals surface area contributed by atoms with E-state index in [1.54, 1.807) is 6.07 Å². The molecule has 1 unspecified atom stereocenters. The fraction of sp³-hybridized carbons (Fsp3) is 0.444. The van der Waals surface area contributed by atoms with Crippen molar-refractivity contribution in [1.82, 2.24) is 19.6 Å². The zero-order valence-electron chi connectivity index (χ0n) is 15.4. The third kappa shape index (κ3) is 5.01. The van der Waals surface area contributed by atoms with Crippen LogP contribution in [0.15, 0.2) is 30.6 Å². The van der Waals surface area contributed by atoms with Crippen LogP contribution in [0.2, 0.25) is 10.0 Å². The molecule has 0 radical (unpaired) electrons. The highest BCUT2D eigenvalue weighted by atomic mass is 35.5. The molecule has 1 aromatic carbocycles. The lowest BCUT2D eigenvalue weighted by Crippen LogP contribution is -2.50. The van der Waals surface area contributed by atoms with Crippen molar-refractivity contribution in [3.05, 3.63) is 56.3 Å². The van der Waals surface area contributed by atoms with E-state index in [-0.39, 0.29) is 17.5 Å². The van der Waals surface area contributed by atoms with Gasteiger partial charge in [0.15, 0.2) is 0 Å². The minimum Gasteiger partial charge on any atom is -0.340 e. The van der Waals surface area contributed by atoms with Crippen molar-refractivity contribution in [1.29, 1.82) is 0 Å². The normalized spacial score (nSPS) is 16.2. The highest BCUT2D eigenvalue weighted by Gasteiger charge is 2.26. The van der Waals surface area contributed by atoms with E-state index in [1.165, 1.54) is 17.1 Å². The summed E-state index contributed by atoms with van der Waals surface area (Å²) >= 11 is 12.2. The minimum absolute atomic E-state index is 0.0299. The van der Waals surface area contributed by atoms with Gasteiger partial charge in [0, 0.05) is 42.8 Å². The number of halogens is 2. The molecule has 1 aliphatic rings. The molecule has 10 heteroatoms. The molecule has 0 bridgehead atoms. The maximum atomic E-state index is 12.7. The van der Waals surface area contributed by atoms with Gasteiger partial charge in [-0.05, 0) is 17.7 Å². The van der Waals surface area contributed by atoms with E-state index in [0.29, 0.717) is 36.2 Å². The summed E-state index contributed by atoms with van der Waals surface area (Å²) in [6.45, 7) is 5.62. The van der Waals surface area contributed by atoms with Crippen molar-refractivity contribution in [2.75, 3.05) is 26.2 Å². The summed E-state index contributed by atoms with van der Waals surface area (Å²) in [7, 11) is 0. The third-order valence-electron chi connectivity index (χ3n) is 4.81. The topological polar surface area (TPSA) is 84.5 Å². The van der Waals surface area contributed by atoms with Crippen molar-refractivity contribution in [3.8, 4) is 0 Å². The monoisotopic (exact) mass is 425 g/mol. The first kappa shape index (κ1) is 20.6. The summed E-state index contributed by atoms with van der Waals surface area (Å²) < 4.78 is 1.44. The number of carbonyl (C=O) groups is 1. The molecule has 0 spiro atoms. The maximum Gasteiger partial charge on any atom is 0.306 e. The molecule has 1 aliphatic heterocycles. The molecule has 0 saturated carbocycles. The van der Waals surface area contributed by atoms with Crippen LogP contribution in [0.25, 0.3) is 0 Å². The van der Waals surface area contributed by atoms with Crippen LogP contribution in [0.1, 0.15) is 12.5 Å². The lowest BCUT2D eigenvalue weighted by Gasteiger charge is -2.36. The van der Waals surface area contributed by atoms with Crippen molar-refractivity contribution in [3.63, 3.8) is 0 Å². The molecule has 1 saturated heterocycles. The molecular formula is C18H21Cl2N5O3. The van der Waals surface area contributed by atoms with Crippen molar-refractivity contribution in [2.24, 2.45) is 5.92 Å². The zero-order chi connectivity index (χ0) is 20.3. The number of aromatic nitrogens is 2. The van der Waals surface area contributed by atoms with Gasteiger partial charge in [0.05, 0.1) is 17.4 Å². The lowest BCUT2D eigenvalue weighted by molar-refractivity contribution is -0.385. The molecule has 1 amide bonds. The fourth-order valence-electron chi connectivity index (χ4n) is 3.23.